The van der Waals surface area contributed by atoms with Crippen LogP contribution in [0, 0.1) is 6.92 Å². The molecule has 8 heteroatoms. The summed E-state index contributed by atoms with van der Waals surface area (Å²) < 4.78 is 1.71. The number of carbonyl (C=O) groups is 1. The minimum absolute atomic E-state index is 0.0686. The number of nitrogens with one attached hydrogen (secondary N) is 1. The molecule has 0 aliphatic rings. The predicted molar refractivity (Wildman–Crippen MR) is 139 cm³/mol. The molecule has 176 valence electrons. The summed E-state index contributed by atoms with van der Waals surface area (Å²) in [7, 11) is 0. The average Bonchev–Trinajstić information content (AvgIpc) is 2.81. The summed E-state index contributed by atoms with van der Waals surface area (Å²) >= 11 is 7.48. The first-order valence-electron chi connectivity index (χ1n) is 11.3. The second kappa shape index (κ2) is 11.7. The van der Waals surface area contributed by atoms with Crippen LogP contribution in [0.4, 0.5) is 5.69 Å². The Morgan fingerprint density at radius 3 is 2.64 bits per heavy atom. The number of nitrogens with zero attached hydrogens (tertiary/aromatic N) is 3. The summed E-state index contributed by atoms with van der Waals surface area (Å²) in [6.45, 7) is 11.4. The van der Waals surface area contributed by atoms with Crippen molar-refractivity contribution in [2.45, 2.75) is 51.1 Å². The molecular formula is C25H31ClN4O2S. The fourth-order valence-electron chi connectivity index (χ4n) is 3.62. The Balaban J connectivity index is 1.84. The number of thioether (sulfide) groups is 1. The molecule has 3 rings (SSSR count). The highest BCUT2D eigenvalue weighted by Crippen LogP contribution is 2.26. The molecule has 0 fully saturated rings. The van der Waals surface area contributed by atoms with E-state index in [1.807, 2.05) is 38.1 Å². The van der Waals surface area contributed by atoms with Gasteiger partial charge in [0.15, 0.2) is 5.16 Å². The van der Waals surface area contributed by atoms with Crippen LogP contribution in [0.25, 0.3) is 10.9 Å². The number of carbonyl (C=O) groups excluding carboxylic acids is 1. The molecule has 33 heavy (non-hydrogen) atoms. The predicted octanol–water partition coefficient (Wildman–Crippen LogP) is 5.21. The second-order valence-corrected chi connectivity index (χ2v) is 9.63. The monoisotopic (exact) mass is 486 g/mol. The van der Waals surface area contributed by atoms with Crippen molar-refractivity contribution in [3.63, 3.8) is 0 Å². The number of aromatic nitrogens is 2. The first-order chi connectivity index (χ1) is 15.8. The number of hydrogen-bond acceptors (Lipinski definition) is 5. The van der Waals surface area contributed by atoms with Crippen molar-refractivity contribution in [2.24, 2.45) is 0 Å². The van der Waals surface area contributed by atoms with E-state index < -0.39 is 5.25 Å². The summed E-state index contributed by atoms with van der Waals surface area (Å²) in [5, 5.41) is 4.25. The summed E-state index contributed by atoms with van der Waals surface area (Å²) in [5.74, 6) is -0.164. The molecule has 0 saturated carbocycles. The Kier molecular flexibility index (Phi) is 8.95. The lowest BCUT2D eigenvalue weighted by atomic mass is 10.2. The minimum Gasteiger partial charge on any atom is -0.325 e. The van der Waals surface area contributed by atoms with Crippen molar-refractivity contribution in [3.8, 4) is 0 Å². The highest BCUT2D eigenvalue weighted by atomic mass is 35.5. The molecule has 1 amide bonds. The van der Waals surface area contributed by atoms with Gasteiger partial charge in [0.1, 0.15) is 0 Å². The molecule has 1 aromatic heterocycles. The summed E-state index contributed by atoms with van der Waals surface area (Å²) in [6, 6.07) is 12.8. The van der Waals surface area contributed by atoms with Crippen LogP contribution in [0.2, 0.25) is 5.02 Å². The van der Waals surface area contributed by atoms with Gasteiger partial charge >= 0.3 is 0 Å². The van der Waals surface area contributed by atoms with E-state index in [0.29, 0.717) is 33.3 Å². The summed E-state index contributed by atoms with van der Waals surface area (Å²) in [6.07, 6.45) is 0.831. The van der Waals surface area contributed by atoms with Gasteiger partial charge in [-0.25, -0.2) is 4.98 Å². The van der Waals surface area contributed by atoms with Gasteiger partial charge in [-0.2, -0.15) is 0 Å². The Hall–Kier alpha value is -2.35. The average molecular weight is 487 g/mol. The number of amides is 1. The van der Waals surface area contributed by atoms with Gasteiger partial charge in [-0.3, -0.25) is 14.2 Å². The zero-order valence-electron chi connectivity index (χ0n) is 19.6. The van der Waals surface area contributed by atoms with E-state index in [1.165, 1.54) is 11.8 Å². The fraction of sp³-hybridized carbons (Fsp3) is 0.400. The van der Waals surface area contributed by atoms with Gasteiger partial charge in [-0.1, -0.05) is 55.4 Å². The maximum Gasteiger partial charge on any atom is 0.262 e. The van der Waals surface area contributed by atoms with Gasteiger partial charge in [-0.15, -0.1) is 0 Å². The molecule has 1 atom stereocenters. The second-order valence-electron chi connectivity index (χ2n) is 7.91. The van der Waals surface area contributed by atoms with Gasteiger partial charge in [0, 0.05) is 17.3 Å². The van der Waals surface area contributed by atoms with E-state index in [2.05, 4.69) is 24.1 Å². The molecule has 1 unspecified atom stereocenters. The van der Waals surface area contributed by atoms with E-state index in [0.717, 1.165) is 31.6 Å². The van der Waals surface area contributed by atoms with Crippen LogP contribution in [-0.2, 0) is 11.3 Å². The molecule has 2 aromatic carbocycles. The summed E-state index contributed by atoms with van der Waals surface area (Å²) in [5.41, 5.74) is 2.08. The van der Waals surface area contributed by atoms with E-state index >= 15 is 0 Å². The topological polar surface area (TPSA) is 67.2 Å². The molecule has 0 aliphatic carbocycles. The third-order valence-electron chi connectivity index (χ3n) is 5.75. The van der Waals surface area contributed by atoms with Gasteiger partial charge in [0.25, 0.3) is 5.56 Å². The number of fused-ring (bicyclic) bond motifs is 1. The van der Waals surface area contributed by atoms with E-state index in [4.69, 9.17) is 16.6 Å². The zero-order valence-corrected chi connectivity index (χ0v) is 21.2. The maximum atomic E-state index is 13.3. The number of anilines is 1. The normalized spacial score (nSPS) is 12.3. The van der Waals surface area contributed by atoms with Crippen molar-refractivity contribution < 1.29 is 4.79 Å². The number of halogens is 1. The highest BCUT2D eigenvalue weighted by Gasteiger charge is 2.20. The number of para-hydroxylation sites is 1. The van der Waals surface area contributed by atoms with Crippen LogP contribution in [0.3, 0.4) is 0 Å². The third kappa shape index (κ3) is 6.16. The lowest BCUT2D eigenvalue weighted by Gasteiger charge is -2.20. The van der Waals surface area contributed by atoms with E-state index in [9.17, 15) is 9.59 Å². The van der Waals surface area contributed by atoms with Crippen LogP contribution < -0.4 is 10.9 Å². The number of hydrogen-bond donors (Lipinski definition) is 1. The van der Waals surface area contributed by atoms with Crippen molar-refractivity contribution in [1.82, 2.24) is 14.5 Å². The highest BCUT2D eigenvalue weighted by molar-refractivity contribution is 8.00. The molecule has 0 bridgehead atoms. The molecule has 1 heterocycles. The van der Waals surface area contributed by atoms with Gasteiger partial charge in [0.2, 0.25) is 5.91 Å². The standard InChI is InChI=1S/C25H31ClN4O2S/c1-5-29(6-2)15-10-16-30-24(32)19-11-7-8-13-22(19)28-25(30)33-18(4)23(31)27-21-14-9-12-20(26)17(21)3/h7-9,11-14,18H,5-6,10,15-16H2,1-4H3,(H,27,31). The van der Waals surface area contributed by atoms with Crippen molar-refractivity contribution in [3.05, 3.63) is 63.4 Å². The molecule has 0 radical (unpaired) electrons. The third-order valence-corrected chi connectivity index (χ3v) is 7.25. The van der Waals surface area contributed by atoms with E-state index in [1.54, 1.807) is 22.8 Å². The molecule has 0 aliphatic heterocycles. The Labute approximate surface area is 204 Å². The Morgan fingerprint density at radius 2 is 1.91 bits per heavy atom. The van der Waals surface area contributed by atoms with Crippen LogP contribution in [-0.4, -0.2) is 45.2 Å². The molecule has 0 saturated heterocycles. The number of rotatable bonds is 10. The molecule has 1 N–H and O–H groups in total. The maximum absolute atomic E-state index is 13.3. The number of benzene rings is 2. The van der Waals surface area contributed by atoms with Crippen LogP contribution in [0.15, 0.2) is 52.4 Å². The first kappa shape index (κ1) is 25.3. The quantitative estimate of drug-likeness (QED) is 0.315. The largest absolute Gasteiger partial charge is 0.325 e. The van der Waals surface area contributed by atoms with Crippen LogP contribution in [0.5, 0.6) is 0 Å². The fourth-order valence-corrected chi connectivity index (χ4v) is 4.73. The molecule has 6 nitrogen and oxygen atoms in total. The van der Waals surface area contributed by atoms with Crippen LogP contribution in [0.1, 0.15) is 32.8 Å². The lowest BCUT2D eigenvalue weighted by Crippen LogP contribution is -2.29. The van der Waals surface area contributed by atoms with Crippen molar-refractivity contribution >= 4 is 45.9 Å². The SMILES string of the molecule is CCN(CC)CCCn1c(SC(C)C(=O)Nc2cccc(Cl)c2C)nc2ccccc2c1=O. The Bertz CT molecular complexity index is 1180. The lowest BCUT2D eigenvalue weighted by molar-refractivity contribution is -0.115. The van der Waals surface area contributed by atoms with Gasteiger partial charge in [0.05, 0.1) is 16.2 Å². The molecular weight excluding hydrogens is 456 g/mol. The van der Waals surface area contributed by atoms with Gasteiger partial charge in [-0.05, 0) is 69.7 Å². The smallest absolute Gasteiger partial charge is 0.262 e. The molecule has 0 spiro atoms. The minimum atomic E-state index is -0.453. The summed E-state index contributed by atoms with van der Waals surface area (Å²) in [4.78, 5) is 33.3. The Morgan fingerprint density at radius 1 is 1.18 bits per heavy atom. The zero-order chi connectivity index (χ0) is 24.0. The van der Waals surface area contributed by atoms with Crippen molar-refractivity contribution in [2.75, 3.05) is 25.0 Å². The molecule has 3 aromatic rings. The van der Waals surface area contributed by atoms with E-state index in [-0.39, 0.29) is 11.5 Å². The van der Waals surface area contributed by atoms with Crippen LogP contribution >= 0.6 is 23.4 Å². The van der Waals surface area contributed by atoms with Gasteiger partial charge < -0.3 is 10.2 Å². The van der Waals surface area contributed by atoms with Crippen molar-refractivity contribution in [1.29, 1.82) is 0 Å². The first-order valence-corrected chi connectivity index (χ1v) is 12.6.